The standard InChI is InChI=1S/C11H14N4OS2/c1-16-5-4-7-12-8(6-2-3-6)9(18-7)10-13-11(17)15-14-10/h6H,2-5H2,1H3,(H2,13,14,15,17). The van der Waals surface area contributed by atoms with E-state index < -0.39 is 0 Å². The first-order chi connectivity index (χ1) is 8.78. The Bertz CT molecular complexity index is 596. The topological polar surface area (TPSA) is 66.6 Å². The molecule has 0 aliphatic heterocycles. The van der Waals surface area contributed by atoms with E-state index >= 15 is 0 Å². The zero-order valence-corrected chi connectivity index (χ0v) is 11.7. The molecule has 96 valence electrons. The molecule has 1 saturated carbocycles. The Kier molecular flexibility index (Phi) is 3.27. The zero-order chi connectivity index (χ0) is 12.5. The van der Waals surface area contributed by atoms with Crippen LogP contribution in [0.1, 0.15) is 29.5 Å². The number of aromatic amines is 2. The number of nitrogens with one attached hydrogen (secondary N) is 2. The van der Waals surface area contributed by atoms with Gasteiger partial charge in [-0.3, -0.25) is 10.2 Å². The SMILES string of the molecule is COCCc1nc(C2CC2)c(-c2nc(=S)[nH][nH]2)s1. The van der Waals surface area contributed by atoms with Gasteiger partial charge in [-0.15, -0.1) is 11.3 Å². The van der Waals surface area contributed by atoms with E-state index in [2.05, 4.69) is 15.2 Å². The molecule has 0 amide bonds. The molecule has 18 heavy (non-hydrogen) atoms. The van der Waals surface area contributed by atoms with E-state index in [0.29, 0.717) is 17.3 Å². The van der Waals surface area contributed by atoms with Crippen molar-refractivity contribution in [1.82, 2.24) is 20.2 Å². The number of thiazole rings is 1. The van der Waals surface area contributed by atoms with Gasteiger partial charge in [0.15, 0.2) is 5.82 Å². The molecule has 0 radical (unpaired) electrons. The van der Waals surface area contributed by atoms with Crippen molar-refractivity contribution in [2.75, 3.05) is 13.7 Å². The average molecular weight is 282 g/mol. The molecule has 1 aliphatic rings. The summed E-state index contributed by atoms with van der Waals surface area (Å²) in [6.07, 6.45) is 3.31. The first-order valence-electron chi connectivity index (χ1n) is 5.91. The van der Waals surface area contributed by atoms with Crippen molar-refractivity contribution in [1.29, 1.82) is 0 Å². The van der Waals surface area contributed by atoms with E-state index in [-0.39, 0.29) is 0 Å². The third-order valence-corrected chi connectivity index (χ3v) is 4.23. The van der Waals surface area contributed by atoms with Gasteiger partial charge < -0.3 is 4.74 Å². The molecular formula is C11H14N4OS2. The lowest BCUT2D eigenvalue weighted by molar-refractivity contribution is 0.202. The summed E-state index contributed by atoms with van der Waals surface area (Å²) in [6, 6.07) is 0. The molecule has 2 aromatic heterocycles. The summed E-state index contributed by atoms with van der Waals surface area (Å²) in [6.45, 7) is 0.702. The minimum atomic E-state index is 0.485. The van der Waals surface area contributed by atoms with Crippen LogP contribution in [0.2, 0.25) is 0 Å². The summed E-state index contributed by atoms with van der Waals surface area (Å²) in [5.74, 6) is 1.41. The summed E-state index contributed by atoms with van der Waals surface area (Å²) in [5, 5.41) is 6.96. The van der Waals surface area contributed by atoms with E-state index in [1.165, 1.54) is 18.5 Å². The second-order valence-electron chi connectivity index (χ2n) is 4.35. The van der Waals surface area contributed by atoms with Crippen LogP contribution in [0.4, 0.5) is 0 Å². The molecule has 7 heteroatoms. The zero-order valence-electron chi connectivity index (χ0n) is 10.0. The Morgan fingerprint density at radius 1 is 1.39 bits per heavy atom. The highest BCUT2D eigenvalue weighted by molar-refractivity contribution is 7.71. The fourth-order valence-corrected chi connectivity index (χ4v) is 3.07. The van der Waals surface area contributed by atoms with Crippen LogP contribution in [0.15, 0.2) is 0 Å². The van der Waals surface area contributed by atoms with Gasteiger partial charge in [0.2, 0.25) is 4.77 Å². The van der Waals surface area contributed by atoms with Gasteiger partial charge in [0.1, 0.15) is 0 Å². The van der Waals surface area contributed by atoms with Gasteiger partial charge in [-0.05, 0) is 25.1 Å². The van der Waals surface area contributed by atoms with Gasteiger partial charge >= 0.3 is 0 Å². The molecule has 2 heterocycles. The van der Waals surface area contributed by atoms with E-state index in [0.717, 1.165) is 22.1 Å². The Balaban J connectivity index is 1.95. The Morgan fingerprint density at radius 2 is 2.22 bits per heavy atom. The maximum Gasteiger partial charge on any atom is 0.213 e. The number of H-pyrrole nitrogens is 2. The van der Waals surface area contributed by atoms with Crippen molar-refractivity contribution in [3.63, 3.8) is 0 Å². The fraction of sp³-hybridized carbons (Fsp3) is 0.545. The predicted octanol–water partition coefficient (Wildman–Crippen LogP) is 2.66. The smallest absolute Gasteiger partial charge is 0.213 e. The monoisotopic (exact) mass is 282 g/mol. The van der Waals surface area contributed by atoms with E-state index in [1.807, 2.05) is 0 Å². The molecule has 0 aromatic carbocycles. The molecule has 0 spiro atoms. The summed E-state index contributed by atoms with van der Waals surface area (Å²) < 4.78 is 5.59. The van der Waals surface area contributed by atoms with Gasteiger partial charge in [0.25, 0.3) is 0 Å². The second kappa shape index (κ2) is 4.91. The van der Waals surface area contributed by atoms with Crippen molar-refractivity contribution >= 4 is 23.6 Å². The Morgan fingerprint density at radius 3 is 2.83 bits per heavy atom. The lowest BCUT2D eigenvalue weighted by Crippen LogP contribution is -1.93. The molecular weight excluding hydrogens is 268 g/mol. The summed E-state index contributed by atoms with van der Waals surface area (Å²) in [5.41, 5.74) is 1.17. The molecule has 1 fully saturated rings. The lowest BCUT2D eigenvalue weighted by Gasteiger charge is -1.94. The molecule has 1 aliphatic carbocycles. The molecule has 0 unspecified atom stereocenters. The minimum absolute atomic E-state index is 0.485. The molecule has 2 N–H and O–H groups in total. The number of aromatic nitrogens is 4. The van der Waals surface area contributed by atoms with E-state index in [4.69, 9.17) is 21.9 Å². The van der Waals surface area contributed by atoms with Crippen LogP contribution < -0.4 is 0 Å². The number of hydrogen-bond acceptors (Lipinski definition) is 5. The van der Waals surface area contributed by atoms with Crippen LogP contribution in [-0.2, 0) is 11.2 Å². The third kappa shape index (κ3) is 2.38. The van der Waals surface area contributed by atoms with Crippen molar-refractivity contribution in [2.24, 2.45) is 0 Å². The van der Waals surface area contributed by atoms with Crippen molar-refractivity contribution < 1.29 is 4.74 Å². The number of nitrogens with zero attached hydrogens (tertiary/aromatic N) is 2. The second-order valence-corrected chi connectivity index (χ2v) is 5.82. The maximum absolute atomic E-state index is 5.10. The van der Waals surface area contributed by atoms with Crippen LogP contribution in [0.3, 0.4) is 0 Å². The minimum Gasteiger partial charge on any atom is -0.384 e. The van der Waals surface area contributed by atoms with Crippen LogP contribution in [-0.4, -0.2) is 33.9 Å². The first kappa shape index (κ1) is 12.0. The van der Waals surface area contributed by atoms with Crippen LogP contribution in [0, 0.1) is 4.77 Å². The molecule has 2 aromatic rings. The number of ether oxygens (including phenoxy) is 1. The summed E-state index contributed by atoms with van der Waals surface area (Å²) in [7, 11) is 1.71. The van der Waals surface area contributed by atoms with Crippen LogP contribution in [0.5, 0.6) is 0 Å². The predicted molar refractivity (Wildman–Crippen MR) is 72.4 cm³/mol. The number of methoxy groups -OCH3 is 1. The Hall–Kier alpha value is -1.05. The van der Waals surface area contributed by atoms with Crippen LogP contribution in [0.25, 0.3) is 10.7 Å². The first-order valence-corrected chi connectivity index (χ1v) is 7.14. The van der Waals surface area contributed by atoms with Crippen molar-refractivity contribution in [2.45, 2.75) is 25.2 Å². The third-order valence-electron chi connectivity index (χ3n) is 2.90. The molecule has 3 rings (SSSR count). The van der Waals surface area contributed by atoms with E-state index in [9.17, 15) is 0 Å². The normalized spacial score (nSPS) is 15.2. The summed E-state index contributed by atoms with van der Waals surface area (Å²) in [4.78, 5) is 10.1. The number of hydrogen-bond donors (Lipinski definition) is 2. The number of rotatable bonds is 5. The van der Waals surface area contributed by atoms with Gasteiger partial charge in [0, 0.05) is 19.4 Å². The van der Waals surface area contributed by atoms with Gasteiger partial charge in [-0.2, -0.15) is 4.98 Å². The van der Waals surface area contributed by atoms with Gasteiger partial charge in [-0.25, -0.2) is 4.98 Å². The van der Waals surface area contributed by atoms with Crippen molar-refractivity contribution in [3.05, 3.63) is 15.5 Å². The largest absolute Gasteiger partial charge is 0.384 e. The van der Waals surface area contributed by atoms with Crippen molar-refractivity contribution in [3.8, 4) is 10.7 Å². The highest BCUT2D eigenvalue weighted by atomic mass is 32.1. The molecule has 0 bridgehead atoms. The average Bonchev–Trinajstić information content (AvgIpc) is 2.98. The molecule has 0 saturated heterocycles. The Labute approximate surface area is 114 Å². The van der Waals surface area contributed by atoms with Gasteiger partial charge in [0.05, 0.1) is 22.2 Å². The quantitative estimate of drug-likeness (QED) is 0.827. The summed E-state index contributed by atoms with van der Waals surface area (Å²) >= 11 is 6.68. The van der Waals surface area contributed by atoms with Crippen LogP contribution >= 0.6 is 23.6 Å². The molecule has 0 atom stereocenters. The maximum atomic E-state index is 5.10. The fourth-order valence-electron chi connectivity index (χ4n) is 1.86. The van der Waals surface area contributed by atoms with Gasteiger partial charge in [-0.1, -0.05) is 0 Å². The van der Waals surface area contributed by atoms with E-state index in [1.54, 1.807) is 18.4 Å². The highest BCUT2D eigenvalue weighted by Crippen LogP contribution is 2.45. The molecule has 5 nitrogen and oxygen atoms in total. The lowest BCUT2D eigenvalue weighted by atomic mass is 10.2. The highest BCUT2D eigenvalue weighted by Gasteiger charge is 2.30.